The van der Waals surface area contributed by atoms with E-state index in [4.69, 9.17) is 14.7 Å². The first kappa shape index (κ1) is 31.6. The maximum Gasteiger partial charge on any atom is 0.132 e. The summed E-state index contributed by atoms with van der Waals surface area (Å²) in [5, 5.41) is 11.5. The molecule has 2 aliphatic rings. The molecule has 0 fully saturated rings. The lowest BCUT2D eigenvalue weighted by atomic mass is 9.60. The summed E-state index contributed by atoms with van der Waals surface area (Å²) in [5.41, 5.74) is 12.3. The summed E-state index contributed by atoms with van der Waals surface area (Å²) in [6.45, 7) is 0. The lowest BCUT2D eigenvalue weighted by Crippen LogP contribution is -2.43. The van der Waals surface area contributed by atoms with Crippen molar-refractivity contribution in [2.24, 2.45) is 0 Å². The number of benzene rings is 6. The summed E-state index contributed by atoms with van der Waals surface area (Å²) in [6.07, 6.45) is 7.34. The Bertz CT molecular complexity index is 2810. The monoisotopic (exact) mass is 691 g/mol. The van der Waals surface area contributed by atoms with E-state index >= 15 is 0 Å². The average Bonchev–Trinajstić information content (AvgIpc) is 3.25. The third kappa shape index (κ3) is 5.05. The lowest BCUT2D eigenvalue weighted by Gasteiger charge is -2.47. The van der Waals surface area contributed by atoms with Crippen LogP contribution in [0.5, 0.6) is 5.75 Å². The first-order chi connectivity index (χ1) is 26.7. The Hall–Kier alpha value is -7.09. The minimum atomic E-state index is -0.526. The molecule has 0 bridgehead atoms. The Kier molecular flexibility index (Phi) is 7.52. The van der Waals surface area contributed by atoms with Crippen LogP contribution in [0.25, 0.3) is 55.4 Å². The highest BCUT2D eigenvalue weighted by molar-refractivity contribution is 6.04. The van der Waals surface area contributed by atoms with Crippen LogP contribution in [0.15, 0.2) is 188 Å². The summed E-state index contributed by atoms with van der Waals surface area (Å²) in [4.78, 5) is 10.4. The summed E-state index contributed by atoms with van der Waals surface area (Å²) < 4.78 is 7.07. The molecule has 2 aromatic heterocycles. The van der Waals surface area contributed by atoms with Gasteiger partial charge in [0.2, 0.25) is 0 Å². The number of nitriles is 1. The summed E-state index contributed by atoms with van der Waals surface area (Å²) in [5.74, 6) is 0.912. The first-order valence-electron chi connectivity index (χ1n) is 18.3. The topological polar surface area (TPSA) is 58.8 Å². The molecule has 1 atom stereocenters. The largest absolute Gasteiger partial charge is 0.485 e. The molecule has 0 saturated heterocycles. The van der Waals surface area contributed by atoms with Gasteiger partial charge in [-0.15, -0.1) is 0 Å². The van der Waals surface area contributed by atoms with Gasteiger partial charge in [0.25, 0.3) is 0 Å². The second-order valence-electron chi connectivity index (χ2n) is 13.9. The molecule has 8 aromatic rings. The molecule has 0 amide bonds. The van der Waals surface area contributed by atoms with Crippen LogP contribution in [0.3, 0.4) is 0 Å². The molecule has 4 heteroatoms. The van der Waals surface area contributed by atoms with E-state index in [1.165, 1.54) is 16.7 Å². The number of rotatable bonds is 5. The number of pyridine rings is 2. The smallest absolute Gasteiger partial charge is 0.132 e. The van der Waals surface area contributed by atoms with Crippen molar-refractivity contribution in [3.8, 4) is 45.5 Å². The second-order valence-corrected chi connectivity index (χ2v) is 13.9. The van der Waals surface area contributed by atoms with Crippen LogP contribution in [0.1, 0.15) is 28.7 Å². The molecule has 0 radical (unpaired) electrons. The predicted octanol–water partition coefficient (Wildman–Crippen LogP) is 11.6. The van der Waals surface area contributed by atoms with Crippen molar-refractivity contribution >= 4 is 21.8 Å². The van der Waals surface area contributed by atoms with E-state index in [1.807, 2.05) is 30.3 Å². The van der Waals surface area contributed by atoms with Gasteiger partial charge in [0.1, 0.15) is 11.9 Å². The molecule has 0 spiro atoms. The maximum atomic E-state index is 9.48. The van der Waals surface area contributed by atoms with E-state index in [2.05, 4.69) is 158 Å². The fourth-order valence-electron chi connectivity index (χ4n) is 8.44. The second kappa shape index (κ2) is 12.8. The van der Waals surface area contributed by atoms with Crippen LogP contribution in [0.4, 0.5) is 0 Å². The van der Waals surface area contributed by atoms with Crippen molar-refractivity contribution in [3.63, 3.8) is 0 Å². The molecule has 3 heterocycles. The van der Waals surface area contributed by atoms with Gasteiger partial charge in [-0.1, -0.05) is 152 Å². The van der Waals surface area contributed by atoms with E-state index in [0.717, 1.165) is 73.2 Å². The Morgan fingerprint density at radius 1 is 0.593 bits per heavy atom. The summed E-state index contributed by atoms with van der Waals surface area (Å²) >= 11 is 0. The average molecular weight is 692 g/mol. The van der Waals surface area contributed by atoms with E-state index in [0.29, 0.717) is 5.56 Å². The zero-order valence-corrected chi connectivity index (χ0v) is 29.4. The summed E-state index contributed by atoms with van der Waals surface area (Å²) in [7, 11) is 0. The van der Waals surface area contributed by atoms with E-state index in [9.17, 15) is 5.26 Å². The van der Waals surface area contributed by atoms with Crippen molar-refractivity contribution in [2.45, 2.75) is 17.9 Å². The predicted molar refractivity (Wildman–Crippen MR) is 217 cm³/mol. The van der Waals surface area contributed by atoms with Gasteiger partial charge in [0.05, 0.1) is 39.5 Å². The molecule has 54 heavy (non-hydrogen) atoms. The highest BCUT2D eigenvalue weighted by Crippen LogP contribution is 2.56. The van der Waals surface area contributed by atoms with E-state index in [-0.39, 0.29) is 6.10 Å². The van der Waals surface area contributed by atoms with Gasteiger partial charge in [0.15, 0.2) is 0 Å². The third-order valence-corrected chi connectivity index (χ3v) is 10.9. The number of ether oxygens (including phenoxy) is 1. The van der Waals surface area contributed by atoms with Crippen molar-refractivity contribution in [1.82, 2.24) is 9.97 Å². The quantitative estimate of drug-likeness (QED) is 0.169. The van der Waals surface area contributed by atoms with Gasteiger partial charge >= 0.3 is 0 Å². The molecule has 1 aliphatic heterocycles. The van der Waals surface area contributed by atoms with Gasteiger partial charge in [-0.05, 0) is 52.6 Å². The maximum absolute atomic E-state index is 9.48. The van der Waals surface area contributed by atoms with Crippen LogP contribution in [-0.2, 0) is 5.41 Å². The molecule has 1 unspecified atom stereocenters. The number of hydrogen-bond acceptors (Lipinski definition) is 4. The number of aromatic nitrogens is 2. The summed E-state index contributed by atoms with van der Waals surface area (Å²) in [6, 6.07) is 59.3. The number of hydrogen-bond donors (Lipinski definition) is 0. The van der Waals surface area contributed by atoms with Crippen molar-refractivity contribution in [3.05, 3.63) is 210 Å². The molecule has 1 aliphatic carbocycles. The van der Waals surface area contributed by atoms with Gasteiger partial charge in [-0.25, -0.2) is 9.97 Å². The van der Waals surface area contributed by atoms with Crippen LogP contribution in [0.2, 0.25) is 0 Å². The Labute approximate surface area is 314 Å². The molecule has 4 nitrogen and oxygen atoms in total. The van der Waals surface area contributed by atoms with Crippen molar-refractivity contribution in [2.75, 3.05) is 0 Å². The SMILES string of the molecule is N#Cc1cccc(-c2ccc3ccc4ccc(-c5cccc(-c6cccc7c6OC6CC=CC=C6C7(c6ccccc6)c6ccccc6)c5)nc4c3n2)c1. The molecule has 0 saturated carbocycles. The minimum Gasteiger partial charge on any atom is -0.485 e. The zero-order valence-electron chi connectivity index (χ0n) is 29.4. The van der Waals surface area contributed by atoms with Crippen LogP contribution in [0, 0.1) is 11.3 Å². The first-order valence-corrected chi connectivity index (χ1v) is 18.3. The number of allylic oxidation sites excluding steroid dienone is 2. The van der Waals surface area contributed by atoms with Crippen molar-refractivity contribution < 1.29 is 4.74 Å². The number of nitrogens with zero attached hydrogens (tertiary/aromatic N) is 3. The standard InChI is InChI=1S/C50H33N3O/c51-32-33-12-9-14-37(30-33)44-28-26-34-24-25-35-27-29-45(53-48(35)47(34)52-44)38-15-10-13-36(31-38)41-20-11-22-43-49(41)54-46-23-8-7-21-42(46)50(43,39-16-3-1-4-17-39)40-18-5-2-6-19-40/h1-22,24-31,46H,23H2. The Morgan fingerprint density at radius 2 is 1.19 bits per heavy atom. The third-order valence-electron chi connectivity index (χ3n) is 10.9. The normalized spacial score (nSPS) is 15.5. The van der Waals surface area contributed by atoms with Gasteiger partial charge in [-0.2, -0.15) is 5.26 Å². The molecule has 0 N–H and O–H groups in total. The van der Waals surface area contributed by atoms with E-state index in [1.54, 1.807) is 0 Å². The fourth-order valence-corrected chi connectivity index (χ4v) is 8.44. The van der Waals surface area contributed by atoms with E-state index < -0.39 is 5.41 Å². The van der Waals surface area contributed by atoms with Crippen LogP contribution >= 0.6 is 0 Å². The molecular weight excluding hydrogens is 659 g/mol. The highest BCUT2D eigenvalue weighted by Gasteiger charge is 2.49. The van der Waals surface area contributed by atoms with Crippen LogP contribution < -0.4 is 4.74 Å². The number of para-hydroxylation sites is 1. The number of fused-ring (bicyclic) bond motifs is 5. The molecular formula is C50H33N3O. The Morgan fingerprint density at radius 3 is 1.85 bits per heavy atom. The molecule has 254 valence electrons. The van der Waals surface area contributed by atoms with Gasteiger partial charge in [-0.3, -0.25) is 0 Å². The lowest BCUT2D eigenvalue weighted by molar-refractivity contribution is 0.205. The minimum absolute atomic E-state index is 0.109. The van der Waals surface area contributed by atoms with Crippen LogP contribution in [-0.4, -0.2) is 16.1 Å². The van der Waals surface area contributed by atoms with Crippen molar-refractivity contribution in [1.29, 1.82) is 5.26 Å². The van der Waals surface area contributed by atoms with Gasteiger partial charge < -0.3 is 4.74 Å². The van der Waals surface area contributed by atoms with Gasteiger partial charge in [0, 0.05) is 39.4 Å². The molecule has 6 aromatic carbocycles. The zero-order chi connectivity index (χ0) is 36.1. The highest BCUT2D eigenvalue weighted by atomic mass is 16.5. The Balaban J connectivity index is 1.13. The molecule has 10 rings (SSSR count). The fraction of sp³-hybridized carbons (Fsp3) is 0.0600.